The van der Waals surface area contributed by atoms with Crippen LogP contribution in [0.15, 0.2) is 84.0 Å². The lowest BCUT2D eigenvalue weighted by Crippen LogP contribution is -2.45. The van der Waals surface area contributed by atoms with Gasteiger partial charge < -0.3 is 5.32 Å². The molecule has 0 saturated carbocycles. The van der Waals surface area contributed by atoms with Crippen LogP contribution in [0.2, 0.25) is 0 Å². The minimum atomic E-state index is -4.25. The van der Waals surface area contributed by atoms with E-state index in [2.05, 4.69) is 15.0 Å². The average molecular weight is 399 g/mol. The molecule has 8 heteroatoms. The van der Waals surface area contributed by atoms with Gasteiger partial charge in [0.15, 0.2) is 0 Å². The molecule has 0 aliphatic heterocycles. The van der Waals surface area contributed by atoms with Crippen LogP contribution in [0.4, 0.5) is 10.1 Å². The van der Waals surface area contributed by atoms with E-state index in [9.17, 15) is 17.6 Å². The van der Waals surface area contributed by atoms with Crippen molar-refractivity contribution < 1.29 is 17.6 Å². The zero-order chi connectivity index (χ0) is 20.0. The number of nitrogens with zero attached hydrogens (tertiary/aromatic N) is 1. The van der Waals surface area contributed by atoms with Crippen molar-refractivity contribution >= 4 is 21.6 Å². The smallest absolute Gasteiger partial charge is 0.244 e. The minimum absolute atomic E-state index is 0.103. The molecule has 0 aliphatic rings. The molecule has 0 saturated heterocycles. The molecule has 1 atom stereocenters. The number of amides is 1. The van der Waals surface area contributed by atoms with Gasteiger partial charge in [0.1, 0.15) is 16.8 Å². The van der Waals surface area contributed by atoms with Gasteiger partial charge in [-0.15, -0.1) is 0 Å². The number of halogens is 1. The lowest BCUT2D eigenvalue weighted by molar-refractivity contribution is -0.117. The molecule has 6 nitrogen and oxygen atoms in total. The van der Waals surface area contributed by atoms with E-state index in [0.717, 1.165) is 17.7 Å². The van der Waals surface area contributed by atoms with Crippen LogP contribution in [0.3, 0.4) is 0 Å². The number of carbonyl (C=O) groups is 1. The fourth-order valence-corrected chi connectivity index (χ4v) is 3.89. The van der Waals surface area contributed by atoms with Gasteiger partial charge in [0.05, 0.1) is 0 Å². The molecule has 28 heavy (non-hydrogen) atoms. The highest BCUT2D eigenvalue weighted by Gasteiger charge is 2.28. The van der Waals surface area contributed by atoms with Crippen molar-refractivity contribution in [2.24, 2.45) is 0 Å². The highest BCUT2D eigenvalue weighted by molar-refractivity contribution is 7.89. The van der Waals surface area contributed by atoms with Crippen LogP contribution in [0.1, 0.15) is 5.56 Å². The van der Waals surface area contributed by atoms with Crippen molar-refractivity contribution in [2.45, 2.75) is 17.4 Å². The Morgan fingerprint density at radius 3 is 2.29 bits per heavy atom. The lowest BCUT2D eigenvalue weighted by atomic mass is 10.1. The highest BCUT2D eigenvalue weighted by atomic mass is 32.2. The van der Waals surface area contributed by atoms with E-state index in [0.29, 0.717) is 5.69 Å². The van der Waals surface area contributed by atoms with Crippen molar-refractivity contribution in [3.05, 3.63) is 90.5 Å². The standard InChI is InChI=1S/C20H18FN3O3S/c21-17-8-4-5-9-19(17)28(26,27)24-18(14-15-6-2-1-3-7-15)20(25)23-16-10-12-22-13-11-16/h1-13,18,24H,14H2,(H,22,23,25)/t18-/m1/s1. The van der Waals surface area contributed by atoms with E-state index < -0.39 is 32.7 Å². The van der Waals surface area contributed by atoms with Gasteiger partial charge in [-0.05, 0) is 36.2 Å². The number of sulfonamides is 1. The summed E-state index contributed by atoms with van der Waals surface area (Å²) in [6, 6.07) is 16.0. The first-order valence-corrected chi connectivity index (χ1v) is 9.96. The van der Waals surface area contributed by atoms with Crippen LogP contribution in [0, 0.1) is 5.82 Å². The van der Waals surface area contributed by atoms with E-state index in [4.69, 9.17) is 0 Å². The molecule has 1 heterocycles. The quantitative estimate of drug-likeness (QED) is 0.639. The second-order valence-corrected chi connectivity index (χ2v) is 7.70. The summed E-state index contributed by atoms with van der Waals surface area (Å²) in [5, 5.41) is 2.65. The van der Waals surface area contributed by atoms with Crippen LogP contribution in [0.25, 0.3) is 0 Å². The fraction of sp³-hybridized carbons (Fsp3) is 0.100. The molecule has 3 rings (SSSR count). The number of nitrogens with one attached hydrogen (secondary N) is 2. The highest BCUT2D eigenvalue weighted by Crippen LogP contribution is 2.16. The molecule has 0 spiro atoms. The molecule has 144 valence electrons. The van der Waals surface area contributed by atoms with Crippen LogP contribution in [0.5, 0.6) is 0 Å². The summed E-state index contributed by atoms with van der Waals surface area (Å²) < 4.78 is 41.6. The first-order chi connectivity index (χ1) is 13.5. The zero-order valence-electron chi connectivity index (χ0n) is 14.7. The normalized spacial score (nSPS) is 12.3. The summed E-state index contributed by atoms with van der Waals surface area (Å²) in [5.74, 6) is -1.45. The van der Waals surface area contributed by atoms with Crippen molar-refractivity contribution in [1.82, 2.24) is 9.71 Å². The molecular weight excluding hydrogens is 381 g/mol. The predicted octanol–water partition coefficient (Wildman–Crippen LogP) is 2.75. The summed E-state index contributed by atoms with van der Waals surface area (Å²) >= 11 is 0. The molecule has 1 aromatic heterocycles. The van der Waals surface area contributed by atoms with Crippen LogP contribution in [-0.2, 0) is 21.2 Å². The molecule has 0 unspecified atom stereocenters. The summed E-state index contributed by atoms with van der Waals surface area (Å²) in [7, 11) is -4.25. The Labute approximate surface area is 162 Å². The molecule has 2 aromatic carbocycles. The van der Waals surface area contributed by atoms with Gasteiger partial charge in [-0.25, -0.2) is 12.8 Å². The number of anilines is 1. The van der Waals surface area contributed by atoms with Crippen molar-refractivity contribution in [2.75, 3.05) is 5.32 Å². The van der Waals surface area contributed by atoms with Gasteiger partial charge in [0.2, 0.25) is 15.9 Å². The van der Waals surface area contributed by atoms with Crippen molar-refractivity contribution in [3.63, 3.8) is 0 Å². The van der Waals surface area contributed by atoms with E-state index in [1.54, 1.807) is 36.4 Å². The minimum Gasteiger partial charge on any atom is -0.325 e. The zero-order valence-corrected chi connectivity index (χ0v) is 15.6. The second-order valence-electron chi connectivity index (χ2n) is 6.02. The van der Waals surface area contributed by atoms with Gasteiger partial charge >= 0.3 is 0 Å². The molecule has 0 bridgehead atoms. The molecular formula is C20H18FN3O3S. The van der Waals surface area contributed by atoms with Crippen LogP contribution >= 0.6 is 0 Å². The third kappa shape index (κ3) is 4.99. The van der Waals surface area contributed by atoms with Gasteiger partial charge in [0.25, 0.3) is 0 Å². The SMILES string of the molecule is O=C(Nc1ccncc1)[C@@H](Cc1ccccc1)NS(=O)(=O)c1ccccc1F. The van der Waals surface area contributed by atoms with Crippen LogP contribution < -0.4 is 10.0 Å². The molecule has 0 aliphatic carbocycles. The summed E-state index contributed by atoms with van der Waals surface area (Å²) in [5.41, 5.74) is 1.23. The summed E-state index contributed by atoms with van der Waals surface area (Å²) in [6.07, 6.45) is 3.11. The largest absolute Gasteiger partial charge is 0.325 e. The van der Waals surface area contributed by atoms with E-state index in [1.807, 2.05) is 6.07 Å². The Bertz CT molecular complexity index is 1040. The van der Waals surface area contributed by atoms with E-state index >= 15 is 0 Å². The molecule has 3 aromatic rings. The van der Waals surface area contributed by atoms with Gasteiger partial charge in [-0.2, -0.15) is 4.72 Å². The van der Waals surface area contributed by atoms with Gasteiger partial charge in [-0.3, -0.25) is 9.78 Å². The summed E-state index contributed by atoms with van der Waals surface area (Å²) in [6.45, 7) is 0. The number of hydrogen-bond acceptors (Lipinski definition) is 4. The Balaban J connectivity index is 1.87. The number of hydrogen-bond donors (Lipinski definition) is 2. The first-order valence-electron chi connectivity index (χ1n) is 8.47. The maximum atomic E-state index is 14.0. The topological polar surface area (TPSA) is 88.2 Å². The third-order valence-corrected chi connectivity index (χ3v) is 5.48. The van der Waals surface area contributed by atoms with Crippen LogP contribution in [-0.4, -0.2) is 25.4 Å². The number of rotatable bonds is 7. The fourth-order valence-electron chi connectivity index (χ4n) is 2.62. The predicted molar refractivity (Wildman–Crippen MR) is 104 cm³/mol. The lowest BCUT2D eigenvalue weighted by Gasteiger charge is -2.19. The number of pyridine rings is 1. The number of carbonyl (C=O) groups excluding carboxylic acids is 1. The van der Waals surface area contributed by atoms with E-state index in [-0.39, 0.29) is 6.42 Å². The molecule has 0 radical (unpaired) electrons. The first kappa shape index (κ1) is 19.7. The Morgan fingerprint density at radius 2 is 1.61 bits per heavy atom. The average Bonchev–Trinajstić information content (AvgIpc) is 2.69. The molecule has 2 N–H and O–H groups in total. The maximum Gasteiger partial charge on any atom is 0.244 e. The van der Waals surface area contributed by atoms with Crippen molar-refractivity contribution in [1.29, 1.82) is 0 Å². The number of aromatic nitrogens is 1. The maximum absolute atomic E-state index is 14.0. The van der Waals surface area contributed by atoms with Crippen molar-refractivity contribution in [3.8, 4) is 0 Å². The Hall–Kier alpha value is -3.10. The Morgan fingerprint density at radius 1 is 0.964 bits per heavy atom. The third-order valence-electron chi connectivity index (χ3n) is 3.97. The molecule has 0 fully saturated rings. The van der Waals surface area contributed by atoms with Gasteiger partial charge in [-0.1, -0.05) is 42.5 Å². The van der Waals surface area contributed by atoms with E-state index in [1.165, 1.54) is 24.5 Å². The number of benzene rings is 2. The summed E-state index contributed by atoms with van der Waals surface area (Å²) in [4.78, 5) is 16.1. The molecule has 1 amide bonds. The Kier molecular flexibility index (Phi) is 6.13. The van der Waals surface area contributed by atoms with Gasteiger partial charge in [0, 0.05) is 18.1 Å². The second kappa shape index (κ2) is 8.73. The monoisotopic (exact) mass is 399 g/mol.